The lowest BCUT2D eigenvalue weighted by Gasteiger charge is -2.05. The van der Waals surface area contributed by atoms with Gasteiger partial charge in [-0.25, -0.2) is 9.97 Å². The second-order valence-corrected chi connectivity index (χ2v) is 6.55. The van der Waals surface area contributed by atoms with Gasteiger partial charge < -0.3 is 5.32 Å². The largest absolute Gasteiger partial charge is 0.321 e. The molecule has 7 nitrogen and oxygen atoms in total. The van der Waals surface area contributed by atoms with Gasteiger partial charge in [-0.15, -0.1) is 0 Å². The van der Waals surface area contributed by atoms with Crippen molar-refractivity contribution in [2.75, 3.05) is 5.32 Å². The highest BCUT2D eigenvalue weighted by atomic mass is 35.5. The molecule has 0 bridgehead atoms. The minimum Gasteiger partial charge on any atom is -0.321 e. The second kappa shape index (κ2) is 6.24. The zero-order valence-corrected chi connectivity index (χ0v) is 14.1. The molecule has 0 radical (unpaired) electrons. The van der Waals surface area contributed by atoms with Gasteiger partial charge in [0.1, 0.15) is 0 Å². The summed E-state index contributed by atoms with van der Waals surface area (Å²) < 4.78 is 3.67. The normalized spacial score (nSPS) is 14.1. The molecule has 1 fully saturated rings. The van der Waals surface area contributed by atoms with Gasteiger partial charge in [-0.05, 0) is 12.3 Å². The van der Waals surface area contributed by atoms with Gasteiger partial charge in [0, 0.05) is 31.5 Å². The van der Waals surface area contributed by atoms with E-state index in [1.165, 1.54) is 19.3 Å². The molecule has 3 aromatic heterocycles. The Morgan fingerprint density at radius 2 is 2.08 bits per heavy atom. The third-order valence-electron chi connectivity index (χ3n) is 4.08. The molecule has 0 atom stereocenters. The lowest BCUT2D eigenvalue weighted by atomic mass is 10.2. The molecule has 0 spiro atoms. The predicted molar refractivity (Wildman–Crippen MR) is 92.1 cm³/mol. The smallest absolute Gasteiger partial charge is 0.227 e. The number of nitrogens with zero attached hydrogens (tertiary/aromatic N) is 6. The first kappa shape index (κ1) is 15.1. The summed E-state index contributed by atoms with van der Waals surface area (Å²) in [5.41, 5.74) is 2.40. The number of hydrogen-bond donors (Lipinski definition) is 1. The lowest BCUT2D eigenvalue weighted by Crippen LogP contribution is -1.99. The first-order valence-corrected chi connectivity index (χ1v) is 8.36. The summed E-state index contributed by atoms with van der Waals surface area (Å²) in [6.45, 7) is 0.939. The first-order chi connectivity index (χ1) is 11.7. The lowest BCUT2D eigenvalue weighted by molar-refractivity contribution is 0.547. The monoisotopic (exact) mass is 343 g/mol. The summed E-state index contributed by atoms with van der Waals surface area (Å²) in [7, 11) is 1.86. The van der Waals surface area contributed by atoms with Crippen molar-refractivity contribution in [2.24, 2.45) is 13.0 Å². The van der Waals surface area contributed by atoms with E-state index in [1.807, 2.05) is 24.1 Å². The quantitative estimate of drug-likeness (QED) is 0.743. The van der Waals surface area contributed by atoms with Crippen LogP contribution in [0.15, 0.2) is 31.0 Å². The number of anilines is 2. The van der Waals surface area contributed by atoms with Crippen LogP contribution in [0.25, 0.3) is 11.3 Å². The number of aromatic nitrogens is 6. The van der Waals surface area contributed by atoms with Crippen molar-refractivity contribution in [3.05, 3.63) is 36.0 Å². The van der Waals surface area contributed by atoms with Crippen molar-refractivity contribution < 1.29 is 0 Å². The summed E-state index contributed by atoms with van der Waals surface area (Å²) in [4.78, 5) is 8.75. The van der Waals surface area contributed by atoms with Crippen LogP contribution < -0.4 is 5.32 Å². The van der Waals surface area contributed by atoms with Crippen LogP contribution in [0, 0.1) is 5.92 Å². The second-order valence-electron chi connectivity index (χ2n) is 6.14. The summed E-state index contributed by atoms with van der Waals surface area (Å²) >= 11 is 6.28. The van der Waals surface area contributed by atoms with Crippen LogP contribution in [0.1, 0.15) is 19.3 Å². The van der Waals surface area contributed by atoms with Crippen LogP contribution in [-0.2, 0) is 13.6 Å². The molecule has 0 aromatic carbocycles. The van der Waals surface area contributed by atoms with E-state index in [9.17, 15) is 0 Å². The standard InChI is InChI=1S/C16H18ClN7/c1-23-10-13(7-19-23)21-16-18-8-14(17)15(22-16)12-6-20-24(9-12)5-4-11-2-3-11/h6-11H,2-5H2,1H3,(H,18,21,22). The van der Waals surface area contributed by atoms with E-state index in [-0.39, 0.29) is 0 Å². The van der Waals surface area contributed by atoms with Crippen LogP contribution in [0.5, 0.6) is 0 Å². The molecule has 1 saturated carbocycles. The van der Waals surface area contributed by atoms with Crippen LogP contribution in [0.4, 0.5) is 11.6 Å². The van der Waals surface area contributed by atoms with Gasteiger partial charge in [-0.1, -0.05) is 24.4 Å². The average molecular weight is 344 g/mol. The predicted octanol–water partition coefficient (Wildman–Crippen LogP) is 3.27. The SMILES string of the molecule is Cn1cc(Nc2ncc(Cl)c(-c3cnn(CCC4CC4)c3)n2)cn1. The third kappa shape index (κ3) is 3.41. The Morgan fingerprint density at radius 1 is 1.21 bits per heavy atom. The van der Waals surface area contributed by atoms with Crippen LogP contribution >= 0.6 is 11.6 Å². The number of halogens is 1. The molecule has 4 rings (SSSR count). The molecule has 0 saturated heterocycles. The molecule has 0 unspecified atom stereocenters. The Morgan fingerprint density at radius 3 is 2.83 bits per heavy atom. The van der Waals surface area contributed by atoms with Crippen molar-refractivity contribution in [3.8, 4) is 11.3 Å². The van der Waals surface area contributed by atoms with Gasteiger partial charge in [-0.2, -0.15) is 10.2 Å². The van der Waals surface area contributed by atoms with Gasteiger partial charge >= 0.3 is 0 Å². The number of nitrogens with one attached hydrogen (secondary N) is 1. The Bertz CT molecular complexity index is 850. The molecule has 1 aliphatic carbocycles. The third-order valence-corrected chi connectivity index (χ3v) is 4.35. The van der Waals surface area contributed by atoms with Crippen LogP contribution in [-0.4, -0.2) is 29.5 Å². The zero-order chi connectivity index (χ0) is 16.5. The Balaban J connectivity index is 1.54. The van der Waals surface area contributed by atoms with E-state index in [0.717, 1.165) is 23.7 Å². The maximum absolute atomic E-state index is 6.28. The van der Waals surface area contributed by atoms with Gasteiger partial charge in [0.15, 0.2) is 0 Å². The highest BCUT2D eigenvalue weighted by Gasteiger charge is 2.21. The molecule has 3 heterocycles. The number of aryl methyl sites for hydroxylation is 2. The molecule has 0 amide bonds. The summed E-state index contributed by atoms with van der Waals surface area (Å²) in [6.07, 6.45) is 12.9. The van der Waals surface area contributed by atoms with E-state index >= 15 is 0 Å². The number of rotatable bonds is 6. The maximum atomic E-state index is 6.28. The van der Waals surface area contributed by atoms with Crippen molar-refractivity contribution in [1.82, 2.24) is 29.5 Å². The minimum absolute atomic E-state index is 0.480. The minimum atomic E-state index is 0.480. The molecule has 1 N–H and O–H groups in total. The van der Waals surface area contributed by atoms with E-state index in [2.05, 4.69) is 25.5 Å². The average Bonchev–Trinajstić information content (AvgIpc) is 3.13. The molecule has 3 aromatic rings. The Labute approximate surface area is 144 Å². The van der Waals surface area contributed by atoms with Crippen LogP contribution in [0.3, 0.4) is 0 Å². The van der Waals surface area contributed by atoms with E-state index in [0.29, 0.717) is 16.7 Å². The molecular weight excluding hydrogens is 326 g/mol. The fraction of sp³-hybridized carbons (Fsp3) is 0.375. The van der Waals surface area contributed by atoms with E-state index in [4.69, 9.17) is 11.6 Å². The fourth-order valence-electron chi connectivity index (χ4n) is 2.57. The van der Waals surface area contributed by atoms with Crippen molar-refractivity contribution >= 4 is 23.2 Å². The highest BCUT2D eigenvalue weighted by Crippen LogP contribution is 2.33. The summed E-state index contributed by atoms with van der Waals surface area (Å²) in [5.74, 6) is 1.36. The van der Waals surface area contributed by atoms with Crippen molar-refractivity contribution in [2.45, 2.75) is 25.8 Å². The zero-order valence-electron chi connectivity index (χ0n) is 13.4. The van der Waals surface area contributed by atoms with Gasteiger partial charge in [-0.3, -0.25) is 9.36 Å². The molecule has 8 heteroatoms. The van der Waals surface area contributed by atoms with Crippen molar-refractivity contribution in [3.63, 3.8) is 0 Å². The first-order valence-electron chi connectivity index (χ1n) is 7.98. The molecule has 124 valence electrons. The van der Waals surface area contributed by atoms with E-state index in [1.54, 1.807) is 23.3 Å². The van der Waals surface area contributed by atoms with Crippen molar-refractivity contribution in [1.29, 1.82) is 0 Å². The van der Waals surface area contributed by atoms with Gasteiger partial charge in [0.2, 0.25) is 5.95 Å². The fourth-order valence-corrected chi connectivity index (χ4v) is 2.77. The van der Waals surface area contributed by atoms with Crippen LogP contribution in [0.2, 0.25) is 5.02 Å². The molecular formula is C16H18ClN7. The topological polar surface area (TPSA) is 73.5 Å². The van der Waals surface area contributed by atoms with E-state index < -0.39 is 0 Å². The molecule has 0 aliphatic heterocycles. The summed E-state index contributed by atoms with van der Waals surface area (Å²) in [6, 6.07) is 0. The Kier molecular flexibility index (Phi) is 3.93. The Hall–Kier alpha value is -2.41. The van der Waals surface area contributed by atoms with Gasteiger partial charge in [0.05, 0.1) is 35.0 Å². The molecule has 24 heavy (non-hydrogen) atoms. The number of hydrogen-bond acceptors (Lipinski definition) is 5. The summed E-state index contributed by atoms with van der Waals surface area (Å²) in [5, 5.41) is 12.2. The molecule has 1 aliphatic rings. The van der Waals surface area contributed by atoms with Gasteiger partial charge in [0.25, 0.3) is 0 Å². The highest BCUT2D eigenvalue weighted by molar-refractivity contribution is 6.32. The maximum Gasteiger partial charge on any atom is 0.227 e.